The summed E-state index contributed by atoms with van der Waals surface area (Å²) < 4.78 is 1.35. The number of fused-ring (bicyclic) bond motifs is 1. The van der Waals surface area contributed by atoms with E-state index >= 15 is 0 Å². The smallest absolute Gasteiger partial charge is 0.290 e. The van der Waals surface area contributed by atoms with Gasteiger partial charge in [-0.05, 0) is 22.4 Å². The number of aromatic amines is 1. The van der Waals surface area contributed by atoms with Crippen molar-refractivity contribution in [1.82, 2.24) is 14.9 Å². The summed E-state index contributed by atoms with van der Waals surface area (Å²) in [6, 6.07) is 8.56. The average Bonchev–Trinajstić information content (AvgIpc) is 2.99. The van der Waals surface area contributed by atoms with Gasteiger partial charge >= 0.3 is 0 Å². The molecule has 0 radical (unpaired) electrons. The molecule has 0 atom stereocenters. The first kappa shape index (κ1) is 14.4. The van der Waals surface area contributed by atoms with Gasteiger partial charge in [-0.15, -0.1) is 11.3 Å². The second-order valence-electron chi connectivity index (χ2n) is 5.76. The Morgan fingerprint density at radius 2 is 2.00 bits per heavy atom. The lowest BCUT2D eigenvalue weighted by atomic mass is 10.1. The Morgan fingerprint density at radius 1 is 1.17 bits per heavy atom. The maximum absolute atomic E-state index is 11.8. The first-order valence-corrected chi connectivity index (χ1v) is 8.65. The van der Waals surface area contributed by atoms with Gasteiger partial charge in [0.15, 0.2) is 5.82 Å². The molecular weight excluding hydrogens is 308 g/mol. The summed E-state index contributed by atoms with van der Waals surface area (Å²) in [5.41, 5.74) is 1.29. The van der Waals surface area contributed by atoms with E-state index in [0.29, 0.717) is 5.82 Å². The standard InChI is InChI=1S/C17H18N4OS/c22-17-16(18-5-6-19-17)21-9-7-20(8-10-21)11-13-12-23-15-4-2-1-3-14(13)15/h1-6,12H,7-11H2,(H,19,22). The third-order valence-electron chi connectivity index (χ3n) is 4.32. The molecule has 1 aliphatic heterocycles. The van der Waals surface area contributed by atoms with E-state index in [9.17, 15) is 4.79 Å². The minimum Gasteiger partial charge on any atom is -0.349 e. The number of piperazine rings is 1. The maximum atomic E-state index is 11.8. The largest absolute Gasteiger partial charge is 0.349 e. The molecule has 0 amide bonds. The number of nitrogens with one attached hydrogen (secondary N) is 1. The molecule has 23 heavy (non-hydrogen) atoms. The molecule has 1 fully saturated rings. The molecule has 0 unspecified atom stereocenters. The number of H-pyrrole nitrogens is 1. The van der Waals surface area contributed by atoms with Crippen LogP contribution in [0, 0.1) is 0 Å². The number of aromatic nitrogens is 2. The normalized spacial score (nSPS) is 16.1. The molecule has 0 aliphatic carbocycles. The molecule has 4 rings (SSSR count). The van der Waals surface area contributed by atoms with Crippen LogP contribution in [0.3, 0.4) is 0 Å². The molecule has 5 nitrogen and oxygen atoms in total. The van der Waals surface area contributed by atoms with Crippen LogP contribution in [0.2, 0.25) is 0 Å². The lowest BCUT2D eigenvalue weighted by Crippen LogP contribution is -2.47. The molecule has 1 saturated heterocycles. The molecule has 1 N–H and O–H groups in total. The number of hydrogen-bond acceptors (Lipinski definition) is 5. The van der Waals surface area contributed by atoms with Gasteiger partial charge in [0.25, 0.3) is 5.56 Å². The highest BCUT2D eigenvalue weighted by atomic mass is 32.1. The number of hydrogen-bond donors (Lipinski definition) is 1. The van der Waals surface area contributed by atoms with Crippen molar-refractivity contribution in [3.8, 4) is 0 Å². The molecule has 3 aromatic rings. The molecule has 2 aromatic heterocycles. The third kappa shape index (κ3) is 2.87. The van der Waals surface area contributed by atoms with E-state index in [1.165, 1.54) is 15.6 Å². The van der Waals surface area contributed by atoms with Crippen molar-refractivity contribution in [2.24, 2.45) is 0 Å². The average molecular weight is 326 g/mol. The fourth-order valence-electron chi connectivity index (χ4n) is 3.08. The second-order valence-corrected chi connectivity index (χ2v) is 6.67. The molecule has 0 saturated carbocycles. The first-order chi connectivity index (χ1) is 11.3. The van der Waals surface area contributed by atoms with Crippen LogP contribution in [0.25, 0.3) is 10.1 Å². The van der Waals surface area contributed by atoms with Gasteiger partial charge in [-0.1, -0.05) is 18.2 Å². The van der Waals surface area contributed by atoms with Crippen molar-refractivity contribution in [2.45, 2.75) is 6.54 Å². The minimum absolute atomic E-state index is 0.107. The van der Waals surface area contributed by atoms with E-state index in [2.05, 4.69) is 49.4 Å². The SMILES string of the molecule is O=c1[nH]ccnc1N1CCN(Cc2csc3ccccc23)CC1. The van der Waals surface area contributed by atoms with Gasteiger partial charge in [0, 0.05) is 49.8 Å². The van der Waals surface area contributed by atoms with Crippen LogP contribution in [-0.2, 0) is 6.54 Å². The minimum atomic E-state index is -0.107. The summed E-state index contributed by atoms with van der Waals surface area (Å²) in [5, 5.41) is 3.63. The topological polar surface area (TPSA) is 52.2 Å². The number of anilines is 1. The highest BCUT2D eigenvalue weighted by molar-refractivity contribution is 7.17. The molecule has 0 bridgehead atoms. The fourth-order valence-corrected chi connectivity index (χ4v) is 4.04. The lowest BCUT2D eigenvalue weighted by Gasteiger charge is -2.34. The Balaban J connectivity index is 1.44. The second kappa shape index (κ2) is 6.14. The van der Waals surface area contributed by atoms with Gasteiger partial charge < -0.3 is 9.88 Å². The predicted molar refractivity (Wildman–Crippen MR) is 94.2 cm³/mol. The quantitative estimate of drug-likeness (QED) is 0.802. The lowest BCUT2D eigenvalue weighted by molar-refractivity contribution is 0.250. The summed E-state index contributed by atoms with van der Waals surface area (Å²) >= 11 is 1.81. The van der Waals surface area contributed by atoms with Crippen LogP contribution in [0.5, 0.6) is 0 Å². The highest BCUT2D eigenvalue weighted by Crippen LogP contribution is 2.27. The van der Waals surface area contributed by atoms with Gasteiger partial charge in [-0.25, -0.2) is 4.98 Å². The Labute approximate surface area is 138 Å². The van der Waals surface area contributed by atoms with Crippen molar-refractivity contribution in [3.05, 3.63) is 58.0 Å². The van der Waals surface area contributed by atoms with Crippen molar-refractivity contribution < 1.29 is 0 Å². The van der Waals surface area contributed by atoms with E-state index in [1.807, 2.05) is 11.3 Å². The van der Waals surface area contributed by atoms with Crippen LogP contribution >= 0.6 is 11.3 Å². The molecule has 1 aliphatic rings. The number of rotatable bonds is 3. The highest BCUT2D eigenvalue weighted by Gasteiger charge is 2.20. The Kier molecular flexibility index (Phi) is 3.85. The first-order valence-electron chi connectivity index (χ1n) is 7.77. The van der Waals surface area contributed by atoms with Crippen LogP contribution in [0.15, 0.2) is 46.8 Å². The zero-order valence-corrected chi connectivity index (χ0v) is 13.6. The van der Waals surface area contributed by atoms with E-state index in [0.717, 1.165) is 32.7 Å². The monoisotopic (exact) mass is 326 g/mol. The van der Waals surface area contributed by atoms with Crippen LogP contribution in [-0.4, -0.2) is 41.0 Å². The molecule has 3 heterocycles. The zero-order valence-electron chi connectivity index (χ0n) is 12.7. The van der Waals surface area contributed by atoms with Gasteiger partial charge in [0.2, 0.25) is 0 Å². The summed E-state index contributed by atoms with van der Waals surface area (Å²) in [7, 11) is 0. The van der Waals surface area contributed by atoms with Gasteiger partial charge in [0.05, 0.1) is 0 Å². The van der Waals surface area contributed by atoms with Crippen LogP contribution < -0.4 is 10.5 Å². The zero-order chi connectivity index (χ0) is 15.6. The van der Waals surface area contributed by atoms with Crippen molar-refractivity contribution >= 4 is 27.2 Å². The Hall–Kier alpha value is -2.18. The van der Waals surface area contributed by atoms with Crippen LogP contribution in [0.1, 0.15) is 5.56 Å². The van der Waals surface area contributed by atoms with E-state index < -0.39 is 0 Å². The van der Waals surface area contributed by atoms with Crippen molar-refractivity contribution in [2.75, 3.05) is 31.1 Å². The van der Waals surface area contributed by atoms with E-state index in [-0.39, 0.29) is 5.56 Å². The maximum Gasteiger partial charge on any atom is 0.290 e. The number of nitrogens with zero attached hydrogens (tertiary/aromatic N) is 3. The Bertz CT molecular complexity index is 864. The summed E-state index contributed by atoms with van der Waals surface area (Å²) in [6.07, 6.45) is 3.21. The molecule has 6 heteroatoms. The van der Waals surface area contributed by atoms with E-state index in [1.54, 1.807) is 12.4 Å². The van der Waals surface area contributed by atoms with Gasteiger partial charge in [-0.3, -0.25) is 9.69 Å². The fraction of sp³-hybridized carbons (Fsp3) is 0.294. The number of thiophene rings is 1. The summed E-state index contributed by atoms with van der Waals surface area (Å²) in [4.78, 5) is 23.2. The van der Waals surface area contributed by atoms with Crippen molar-refractivity contribution in [1.29, 1.82) is 0 Å². The van der Waals surface area contributed by atoms with Gasteiger partial charge in [0.1, 0.15) is 0 Å². The Morgan fingerprint density at radius 3 is 2.83 bits per heavy atom. The van der Waals surface area contributed by atoms with Crippen molar-refractivity contribution in [3.63, 3.8) is 0 Å². The van der Waals surface area contributed by atoms with E-state index in [4.69, 9.17) is 0 Å². The number of benzene rings is 1. The predicted octanol–water partition coefficient (Wildman–Crippen LogP) is 2.31. The molecule has 0 spiro atoms. The van der Waals surface area contributed by atoms with Crippen LogP contribution in [0.4, 0.5) is 5.82 Å². The summed E-state index contributed by atoms with van der Waals surface area (Å²) in [6.45, 7) is 4.53. The van der Waals surface area contributed by atoms with Gasteiger partial charge in [-0.2, -0.15) is 0 Å². The molecule has 1 aromatic carbocycles. The molecule has 118 valence electrons. The third-order valence-corrected chi connectivity index (χ3v) is 5.33. The summed E-state index contributed by atoms with van der Waals surface area (Å²) in [5.74, 6) is 0.535. The molecular formula is C17H18N4OS.